The predicted molar refractivity (Wildman–Crippen MR) is 51.1 cm³/mol. The highest BCUT2D eigenvalue weighted by atomic mass is 127. The Morgan fingerprint density at radius 2 is 1.92 bits per heavy atom. The third-order valence-electron chi connectivity index (χ3n) is 1.03. The predicted octanol–water partition coefficient (Wildman–Crippen LogP) is 3.90. The average molecular weight is 304 g/mol. The molecule has 1 rings (SSSR count). The van der Waals surface area contributed by atoms with Gasteiger partial charge in [-0.3, -0.25) is 0 Å². The van der Waals surface area contributed by atoms with Gasteiger partial charge in [0.25, 0.3) is 0 Å². The van der Waals surface area contributed by atoms with Crippen molar-refractivity contribution >= 4 is 34.4 Å². The van der Waals surface area contributed by atoms with E-state index in [9.17, 15) is 13.2 Å². The standard InChI is InChI=1S/C7H4F3IS/c8-7(9,10)12-6-3-1-2-5(11)4-6/h1-4H. The minimum atomic E-state index is -4.19. The number of rotatable bonds is 1. The van der Waals surface area contributed by atoms with Gasteiger partial charge in [-0.15, -0.1) is 0 Å². The van der Waals surface area contributed by atoms with Gasteiger partial charge in [-0.05, 0) is 52.6 Å². The summed E-state index contributed by atoms with van der Waals surface area (Å²) in [4.78, 5) is 0.231. The van der Waals surface area contributed by atoms with E-state index in [1.807, 2.05) is 22.6 Å². The summed E-state index contributed by atoms with van der Waals surface area (Å²) < 4.78 is 36.3. The van der Waals surface area contributed by atoms with E-state index in [0.29, 0.717) is 0 Å². The Morgan fingerprint density at radius 1 is 1.25 bits per heavy atom. The number of halogens is 4. The van der Waals surface area contributed by atoms with Crippen LogP contribution in [0.3, 0.4) is 0 Å². The molecule has 0 aliphatic heterocycles. The molecule has 0 aliphatic rings. The average Bonchev–Trinajstić information content (AvgIpc) is 1.82. The Kier molecular flexibility index (Phi) is 3.28. The normalized spacial score (nSPS) is 11.7. The topological polar surface area (TPSA) is 0 Å². The molecule has 0 bridgehead atoms. The zero-order valence-corrected chi connectivity index (χ0v) is 8.70. The molecule has 0 N–H and O–H groups in total. The van der Waals surface area contributed by atoms with Crippen LogP contribution in [0.4, 0.5) is 13.2 Å². The van der Waals surface area contributed by atoms with Crippen LogP contribution >= 0.6 is 34.4 Å². The van der Waals surface area contributed by atoms with E-state index in [4.69, 9.17) is 0 Å². The van der Waals surface area contributed by atoms with Crippen molar-refractivity contribution in [3.05, 3.63) is 27.8 Å². The largest absolute Gasteiger partial charge is 0.446 e. The molecule has 0 nitrogen and oxygen atoms in total. The molecule has 0 heterocycles. The zero-order valence-electron chi connectivity index (χ0n) is 5.73. The fraction of sp³-hybridized carbons (Fsp3) is 0.143. The SMILES string of the molecule is FC(F)(F)Sc1cccc(I)c1. The molecule has 1 aromatic carbocycles. The molecule has 0 fully saturated rings. The summed E-state index contributed by atoms with van der Waals surface area (Å²) in [5.74, 6) is 0. The molecular weight excluding hydrogens is 300 g/mol. The first-order valence-corrected chi connectivity index (χ1v) is 4.88. The summed E-state index contributed by atoms with van der Waals surface area (Å²) in [5.41, 5.74) is -4.19. The quantitative estimate of drug-likeness (QED) is 0.560. The Bertz CT molecular complexity index is 272. The van der Waals surface area contributed by atoms with Crippen LogP contribution in [-0.4, -0.2) is 5.51 Å². The van der Waals surface area contributed by atoms with Crippen LogP contribution in [0.25, 0.3) is 0 Å². The van der Waals surface area contributed by atoms with Crippen LogP contribution in [0.15, 0.2) is 29.2 Å². The van der Waals surface area contributed by atoms with Gasteiger partial charge in [0.05, 0.1) is 0 Å². The Morgan fingerprint density at radius 3 is 2.42 bits per heavy atom. The summed E-state index contributed by atoms with van der Waals surface area (Å²) >= 11 is 1.89. The fourth-order valence-electron chi connectivity index (χ4n) is 0.664. The summed E-state index contributed by atoms with van der Waals surface area (Å²) in [5, 5.41) is 0. The third kappa shape index (κ3) is 3.66. The van der Waals surface area contributed by atoms with Crippen LogP contribution in [0.1, 0.15) is 0 Å². The number of hydrogen-bond acceptors (Lipinski definition) is 1. The fourth-order valence-corrected chi connectivity index (χ4v) is 2.02. The first kappa shape index (κ1) is 10.2. The van der Waals surface area contributed by atoms with Crippen molar-refractivity contribution in [3.8, 4) is 0 Å². The van der Waals surface area contributed by atoms with Gasteiger partial charge in [-0.1, -0.05) is 6.07 Å². The lowest BCUT2D eigenvalue weighted by molar-refractivity contribution is -0.0328. The molecule has 0 amide bonds. The lowest BCUT2D eigenvalue weighted by Crippen LogP contribution is -1.98. The lowest BCUT2D eigenvalue weighted by Gasteiger charge is -2.04. The van der Waals surface area contributed by atoms with Gasteiger partial charge in [0.2, 0.25) is 0 Å². The molecule has 0 radical (unpaired) electrons. The summed E-state index contributed by atoms with van der Waals surface area (Å²) in [7, 11) is 0. The van der Waals surface area contributed by atoms with Crippen LogP contribution < -0.4 is 0 Å². The number of benzene rings is 1. The van der Waals surface area contributed by atoms with Gasteiger partial charge >= 0.3 is 5.51 Å². The van der Waals surface area contributed by atoms with E-state index in [1.54, 1.807) is 12.1 Å². The molecule has 0 saturated carbocycles. The minimum Gasteiger partial charge on any atom is -0.160 e. The Hall–Kier alpha value is 0.0900. The number of hydrogen-bond donors (Lipinski definition) is 0. The van der Waals surface area contributed by atoms with E-state index in [0.717, 1.165) is 3.57 Å². The molecule has 0 aliphatic carbocycles. The smallest absolute Gasteiger partial charge is 0.160 e. The Labute approximate surface area is 85.7 Å². The van der Waals surface area contributed by atoms with E-state index in [1.165, 1.54) is 12.1 Å². The van der Waals surface area contributed by atoms with Crippen molar-refractivity contribution in [3.63, 3.8) is 0 Å². The van der Waals surface area contributed by atoms with Gasteiger partial charge in [-0.2, -0.15) is 13.2 Å². The van der Waals surface area contributed by atoms with Gasteiger partial charge < -0.3 is 0 Å². The van der Waals surface area contributed by atoms with Crippen molar-refractivity contribution < 1.29 is 13.2 Å². The second-order valence-electron chi connectivity index (χ2n) is 2.01. The van der Waals surface area contributed by atoms with Crippen molar-refractivity contribution in [1.29, 1.82) is 0 Å². The van der Waals surface area contributed by atoms with E-state index < -0.39 is 5.51 Å². The van der Waals surface area contributed by atoms with Crippen LogP contribution in [0, 0.1) is 3.57 Å². The highest BCUT2D eigenvalue weighted by Crippen LogP contribution is 2.36. The van der Waals surface area contributed by atoms with Gasteiger partial charge in [0.1, 0.15) is 0 Å². The molecule has 12 heavy (non-hydrogen) atoms. The molecule has 0 atom stereocenters. The molecule has 1 aromatic rings. The van der Waals surface area contributed by atoms with Crippen molar-refractivity contribution in [2.24, 2.45) is 0 Å². The van der Waals surface area contributed by atoms with Crippen LogP contribution in [0.5, 0.6) is 0 Å². The molecule has 5 heteroatoms. The van der Waals surface area contributed by atoms with Gasteiger partial charge in [0.15, 0.2) is 0 Å². The van der Waals surface area contributed by atoms with E-state index in [-0.39, 0.29) is 16.7 Å². The molecular formula is C7H4F3IS. The van der Waals surface area contributed by atoms with Crippen LogP contribution in [0.2, 0.25) is 0 Å². The molecule has 66 valence electrons. The van der Waals surface area contributed by atoms with Crippen molar-refractivity contribution in [2.45, 2.75) is 10.4 Å². The number of thioether (sulfide) groups is 1. The van der Waals surface area contributed by atoms with E-state index >= 15 is 0 Å². The van der Waals surface area contributed by atoms with Crippen molar-refractivity contribution in [2.75, 3.05) is 0 Å². The van der Waals surface area contributed by atoms with E-state index in [2.05, 4.69) is 0 Å². The molecule has 0 spiro atoms. The van der Waals surface area contributed by atoms with Gasteiger partial charge in [-0.25, -0.2) is 0 Å². The second kappa shape index (κ2) is 3.87. The molecule has 0 aromatic heterocycles. The minimum absolute atomic E-state index is 0.0899. The zero-order chi connectivity index (χ0) is 9.19. The monoisotopic (exact) mass is 304 g/mol. The highest BCUT2D eigenvalue weighted by Gasteiger charge is 2.28. The molecule has 0 unspecified atom stereocenters. The maximum absolute atomic E-state index is 11.8. The summed E-state index contributed by atoms with van der Waals surface area (Å²) in [6, 6.07) is 6.30. The lowest BCUT2D eigenvalue weighted by atomic mass is 10.4. The summed E-state index contributed by atoms with van der Waals surface area (Å²) in [6.07, 6.45) is 0. The van der Waals surface area contributed by atoms with Gasteiger partial charge in [0, 0.05) is 8.47 Å². The maximum Gasteiger partial charge on any atom is 0.446 e. The van der Waals surface area contributed by atoms with Crippen LogP contribution in [-0.2, 0) is 0 Å². The number of alkyl halides is 3. The Balaban J connectivity index is 2.77. The van der Waals surface area contributed by atoms with Crippen molar-refractivity contribution in [1.82, 2.24) is 0 Å². The second-order valence-corrected chi connectivity index (χ2v) is 4.39. The highest BCUT2D eigenvalue weighted by molar-refractivity contribution is 14.1. The molecule has 0 saturated heterocycles. The first-order chi connectivity index (χ1) is 5.47. The maximum atomic E-state index is 11.8. The first-order valence-electron chi connectivity index (χ1n) is 2.99. The third-order valence-corrected chi connectivity index (χ3v) is 2.42. The summed E-state index contributed by atoms with van der Waals surface area (Å²) in [6.45, 7) is 0.